The normalized spacial score (nSPS) is 17.5. The number of halogens is 1. The topological polar surface area (TPSA) is 0 Å². The van der Waals surface area contributed by atoms with Crippen molar-refractivity contribution in [2.75, 3.05) is 0 Å². The quantitative estimate of drug-likeness (QED) is 0.564. The molecule has 0 saturated carbocycles. The Morgan fingerprint density at radius 3 is 2.53 bits per heavy atom. The molecule has 0 saturated heterocycles. The average molecular weight is 195 g/mol. The molecule has 0 spiro atoms. The number of alkyl halides is 1. The lowest BCUT2D eigenvalue weighted by Gasteiger charge is -2.15. The fourth-order valence-electron chi connectivity index (χ4n) is 2.06. The molecule has 0 nitrogen and oxygen atoms in total. The molecule has 2 heteroatoms. The molecule has 0 amide bonds. The molecule has 0 bridgehead atoms. The van der Waals surface area contributed by atoms with Crippen LogP contribution in [0.5, 0.6) is 0 Å². The van der Waals surface area contributed by atoms with Crippen LogP contribution < -0.4 is 0 Å². The first-order valence-electron chi connectivity index (χ1n) is 4.70. The number of hydrogen-bond acceptors (Lipinski definition) is 0. The molecule has 15 heavy (non-hydrogen) atoms. The Morgan fingerprint density at radius 2 is 1.73 bits per heavy atom. The first-order valence-corrected chi connectivity index (χ1v) is 4.70. The second-order valence-electron chi connectivity index (χ2n) is 3.55. The predicted octanol–water partition coefficient (Wildman–Crippen LogP) is 3.50. The Kier molecular flexibility index (Phi) is 2.35. The maximum atomic E-state index is 13.6. The third-order valence-electron chi connectivity index (χ3n) is 2.71. The molecule has 1 atom stereocenters. The van der Waals surface area contributed by atoms with Crippen LogP contribution >= 0.6 is 0 Å². The highest BCUT2D eigenvalue weighted by Crippen LogP contribution is 2.34. The molecule has 2 aromatic rings. The van der Waals surface area contributed by atoms with Crippen LogP contribution in [0.1, 0.15) is 17.3 Å². The minimum Gasteiger partial charge on any atom is -0.238 e. The number of rotatable bonds is 0. The van der Waals surface area contributed by atoms with Crippen LogP contribution in [0.3, 0.4) is 0 Å². The van der Waals surface area contributed by atoms with Crippen molar-refractivity contribution in [2.24, 2.45) is 0 Å². The van der Waals surface area contributed by atoms with Crippen molar-refractivity contribution in [3.05, 3.63) is 53.6 Å². The standard InChI is InChI=1S/C13H9F.B/c14-12-8-7-10-4-1-3-9-5-2-6-11(12)13(9)10;/h1-8,12H;. The zero-order valence-electron chi connectivity index (χ0n) is 8.15. The Morgan fingerprint density at radius 1 is 1.00 bits per heavy atom. The number of hydrogen-bond donors (Lipinski definition) is 0. The van der Waals surface area contributed by atoms with Crippen LogP contribution in [0.2, 0.25) is 0 Å². The van der Waals surface area contributed by atoms with Crippen LogP contribution in [0, 0.1) is 0 Å². The molecule has 0 heterocycles. The van der Waals surface area contributed by atoms with E-state index >= 15 is 0 Å². The van der Waals surface area contributed by atoms with E-state index in [1.807, 2.05) is 42.5 Å². The van der Waals surface area contributed by atoms with E-state index < -0.39 is 6.17 Å². The Balaban J connectivity index is 0.000000853. The fraction of sp³-hybridized carbons (Fsp3) is 0.0769. The average Bonchev–Trinajstić information content (AvgIpc) is 2.24. The highest BCUT2D eigenvalue weighted by Gasteiger charge is 2.15. The molecule has 0 aromatic heterocycles. The van der Waals surface area contributed by atoms with E-state index in [9.17, 15) is 4.39 Å². The zero-order valence-corrected chi connectivity index (χ0v) is 8.15. The van der Waals surface area contributed by atoms with E-state index in [1.165, 1.54) is 0 Å². The molecular weight excluding hydrogens is 186 g/mol. The minimum atomic E-state index is -0.950. The van der Waals surface area contributed by atoms with Gasteiger partial charge in [-0.3, -0.25) is 0 Å². The fourth-order valence-corrected chi connectivity index (χ4v) is 2.06. The summed E-state index contributed by atoms with van der Waals surface area (Å²) in [6.45, 7) is 0. The van der Waals surface area contributed by atoms with Crippen LogP contribution in [0.25, 0.3) is 16.8 Å². The maximum absolute atomic E-state index is 13.6. The molecule has 71 valence electrons. The van der Waals surface area contributed by atoms with Crippen molar-refractivity contribution < 1.29 is 4.39 Å². The lowest BCUT2D eigenvalue weighted by molar-refractivity contribution is 0.417. The Labute approximate surface area is 90.0 Å². The van der Waals surface area contributed by atoms with Gasteiger partial charge in [-0.1, -0.05) is 42.5 Å². The van der Waals surface area contributed by atoms with Crippen molar-refractivity contribution >= 4 is 25.3 Å². The van der Waals surface area contributed by atoms with E-state index in [4.69, 9.17) is 0 Å². The zero-order chi connectivity index (χ0) is 9.54. The number of benzene rings is 2. The summed E-state index contributed by atoms with van der Waals surface area (Å²) in [6.07, 6.45) is 2.52. The highest BCUT2D eigenvalue weighted by atomic mass is 19.1. The van der Waals surface area contributed by atoms with E-state index in [-0.39, 0.29) is 8.41 Å². The van der Waals surface area contributed by atoms with Crippen LogP contribution in [0.15, 0.2) is 42.5 Å². The van der Waals surface area contributed by atoms with Gasteiger partial charge < -0.3 is 0 Å². The van der Waals surface area contributed by atoms with E-state index in [2.05, 4.69) is 0 Å². The molecule has 0 N–H and O–H groups in total. The van der Waals surface area contributed by atoms with Crippen LogP contribution in [0.4, 0.5) is 4.39 Å². The van der Waals surface area contributed by atoms with Crippen molar-refractivity contribution in [3.8, 4) is 0 Å². The third kappa shape index (κ3) is 1.37. The molecule has 1 aliphatic rings. The van der Waals surface area contributed by atoms with E-state index in [0.29, 0.717) is 0 Å². The molecule has 2 aromatic carbocycles. The summed E-state index contributed by atoms with van der Waals surface area (Å²) < 4.78 is 13.6. The van der Waals surface area contributed by atoms with Crippen molar-refractivity contribution in [3.63, 3.8) is 0 Å². The van der Waals surface area contributed by atoms with Gasteiger partial charge >= 0.3 is 0 Å². The van der Waals surface area contributed by atoms with Gasteiger partial charge in [0, 0.05) is 8.41 Å². The molecule has 1 aliphatic carbocycles. The van der Waals surface area contributed by atoms with Crippen molar-refractivity contribution in [1.29, 1.82) is 0 Å². The van der Waals surface area contributed by atoms with Gasteiger partial charge in [-0.2, -0.15) is 0 Å². The summed E-state index contributed by atoms with van der Waals surface area (Å²) in [7, 11) is 0. The molecule has 0 fully saturated rings. The monoisotopic (exact) mass is 195 g/mol. The summed E-state index contributed by atoms with van der Waals surface area (Å²) in [5, 5.41) is 2.18. The molecule has 1 unspecified atom stereocenters. The van der Waals surface area contributed by atoms with Crippen LogP contribution in [-0.2, 0) is 0 Å². The summed E-state index contributed by atoms with van der Waals surface area (Å²) in [4.78, 5) is 0. The lowest BCUT2D eigenvalue weighted by Crippen LogP contribution is -1.95. The second-order valence-corrected chi connectivity index (χ2v) is 3.55. The Bertz CT molecular complexity index is 526. The van der Waals surface area contributed by atoms with Gasteiger partial charge in [-0.25, -0.2) is 4.39 Å². The summed E-state index contributed by atoms with van der Waals surface area (Å²) in [5.41, 5.74) is 1.91. The second kappa shape index (κ2) is 3.54. The Hall–Kier alpha value is -1.57. The van der Waals surface area contributed by atoms with Crippen molar-refractivity contribution in [2.45, 2.75) is 6.17 Å². The predicted molar refractivity (Wildman–Crippen MR) is 62.6 cm³/mol. The van der Waals surface area contributed by atoms with Gasteiger partial charge in [0.1, 0.15) is 6.17 Å². The molecule has 0 aliphatic heterocycles. The van der Waals surface area contributed by atoms with E-state index in [1.54, 1.807) is 6.08 Å². The highest BCUT2D eigenvalue weighted by molar-refractivity contribution is 5.95. The smallest absolute Gasteiger partial charge is 0.144 e. The van der Waals surface area contributed by atoms with E-state index in [0.717, 1.165) is 21.9 Å². The van der Waals surface area contributed by atoms with Crippen molar-refractivity contribution in [1.82, 2.24) is 0 Å². The number of allylic oxidation sites excluding steroid dienone is 1. The SMILES string of the molecule is FC1C=Cc2cccc3cccc1c23.[B]. The molecule has 3 radical (unpaired) electrons. The van der Waals surface area contributed by atoms with Gasteiger partial charge in [0.05, 0.1) is 0 Å². The van der Waals surface area contributed by atoms with Crippen LogP contribution in [-0.4, -0.2) is 8.41 Å². The summed E-state index contributed by atoms with van der Waals surface area (Å²) >= 11 is 0. The minimum absolute atomic E-state index is 0. The summed E-state index contributed by atoms with van der Waals surface area (Å²) in [5.74, 6) is 0. The first-order chi connectivity index (χ1) is 6.86. The van der Waals surface area contributed by atoms with Gasteiger partial charge in [-0.05, 0) is 28.0 Å². The van der Waals surface area contributed by atoms with Gasteiger partial charge in [-0.15, -0.1) is 0 Å². The largest absolute Gasteiger partial charge is 0.238 e. The third-order valence-corrected chi connectivity index (χ3v) is 2.71. The summed E-state index contributed by atoms with van der Waals surface area (Å²) in [6, 6.07) is 11.8. The lowest BCUT2D eigenvalue weighted by atomic mass is 9.92. The van der Waals surface area contributed by atoms with Gasteiger partial charge in [0.2, 0.25) is 0 Å². The first kappa shape index (κ1) is 9.97. The maximum Gasteiger partial charge on any atom is 0.144 e. The molecule has 3 rings (SSSR count). The van der Waals surface area contributed by atoms with Gasteiger partial charge in [0.25, 0.3) is 0 Å². The van der Waals surface area contributed by atoms with Gasteiger partial charge in [0.15, 0.2) is 0 Å². The molecular formula is C13H9BF.